The number of aromatic carboxylic acids is 1. The van der Waals surface area contributed by atoms with Gasteiger partial charge in [0.1, 0.15) is 4.90 Å². The highest BCUT2D eigenvalue weighted by Gasteiger charge is 2.23. The quantitative estimate of drug-likeness (QED) is 0.601. The van der Waals surface area contributed by atoms with E-state index < -0.39 is 16.0 Å². The monoisotopic (exact) mass is 390 g/mol. The van der Waals surface area contributed by atoms with Crippen molar-refractivity contribution >= 4 is 21.7 Å². The molecule has 2 aromatic carbocycles. The third kappa shape index (κ3) is 5.55. The second-order valence-corrected chi connectivity index (χ2v) is 8.29. The molecule has 6 nitrogen and oxygen atoms in total. The fourth-order valence-corrected chi connectivity index (χ4v) is 4.35. The van der Waals surface area contributed by atoms with Crippen molar-refractivity contribution in [1.29, 1.82) is 0 Å². The number of hydrogen-bond acceptors (Lipinski definition) is 4. The van der Waals surface area contributed by atoms with Gasteiger partial charge in [-0.05, 0) is 44.0 Å². The van der Waals surface area contributed by atoms with Gasteiger partial charge in [0.05, 0.1) is 11.3 Å². The van der Waals surface area contributed by atoms with E-state index in [1.165, 1.54) is 18.2 Å². The smallest absolute Gasteiger partial charge is 0.335 e. The van der Waals surface area contributed by atoms with Gasteiger partial charge in [0.15, 0.2) is 0 Å². The van der Waals surface area contributed by atoms with Crippen LogP contribution >= 0.6 is 0 Å². The predicted molar refractivity (Wildman–Crippen MR) is 107 cm³/mol. The molecule has 0 fully saturated rings. The van der Waals surface area contributed by atoms with E-state index in [2.05, 4.69) is 10.0 Å². The largest absolute Gasteiger partial charge is 0.478 e. The molecule has 0 aliphatic carbocycles. The van der Waals surface area contributed by atoms with Crippen molar-refractivity contribution in [1.82, 2.24) is 4.72 Å². The molecule has 0 spiro atoms. The van der Waals surface area contributed by atoms with Crippen LogP contribution < -0.4 is 10.0 Å². The number of benzene rings is 2. The summed E-state index contributed by atoms with van der Waals surface area (Å²) in [6, 6.07) is 13.3. The van der Waals surface area contributed by atoms with Gasteiger partial charge < -0.3 is 10.4 Å². The van der Waals surface area contributed by atoms with E-state index in [4.69, 9.17) is 0 Å². The van der Waals surface area contributed by atoms with Crippen molar-refractivity contribution in [2.75, 3.05) is 5.32 Å². The Hall–Kier alpha value is -2.38. The van der Waals surface area contributed by atoms with Crippen LogP contribution in [0, 0.1) is 0 Å². The van der Waals surface area contributed by atoms with E-state index in [0.29, 0.717) is 12.1 Å². The lowest BCUT2D eigenvalue weighted by Crippen LogP contribution is -2.33. The number of rotatable bonds is 9. The highest BCUT2D eigenvalue weighted by molar-refractivity contribution is 7.89. The Balaban J connectivity index is 2.41. The second-order valence-electron chi connectivity index (χ2n) is 6.60. The van der Waals surface area contributed by atoms with Crippen molar-refractivity contribution < 1.29 is 18.3 Å². The third-order valence-electron chi connectivity index (χ3n) is 4.27. The Kier molecular flexibility index (Phi) is 6.98. The minimum atomic E-state index is -3.87. The van der Waals surface area contributed by atoms with Gasteiger partial charge in [0.25, 0.3) is 0 Å². The first kappa shape index (κ1) is 20.9. The Morgan fingerprint density at radius 2 is 1.78 bits per heavy atom. The summed E-state index contributed by atoms with van der Waals surface area (Å²) in [6.45, 7) is 5.69. The summed E-state index contributed by atoms with van der Waals surface area (Å²) in [5.74, 6) is -1.17. The molecule has 0 saturated heterocycles. The summed E-state index contributed by atoms with van der Waals surface area (Å²) in [5, 5.41) is 12.4. The molecular formula is C20H26N2O4S. The van der Waals surface area contributed by atoms with Crippen LogP contribution in [0.2, 0.25) is 0 Å². The lowest BCUT2D eigenvalue weighted by atomic mass is 10.1. The van der Waals surface area contributed by atoms with E-state index >= 15 is 0 Å². The molecule has 7 heteroatoms. The minimum absolute atomic E-state index is 0.0619. The van der Waals surface area contributed by atoms with Gasteiger partial charge in [-0.3, -0.25) is 0 Å². The van der Waals surface area contributed by atoms with Crippen LogP contribution in [0.4, 0.5) is 5.69 Å². The van der Waals surface area contributed by atoms with Crippen LogP contribution in [0.1, 0.15) is 55.6 Å². The van der Waals surface area contributed by atoms with Crippen molar-refractivity contribution in [3.8, 4) is 0 Å². The Labute approximate surface area is 160 Å². The van der Waals surface area contributed by atoms with Gasteiger partial charge in [-0.2, -0.15) is 0 Å². The molecule has 2 rings (SSSR count). The summed E-state index contributed by atoms with van der Waals surface area (Å²) in [5.41, 5.74) is 1.29. The Morgan fingerprint density at radius 3 is 2.37 bits per heavy atom. The Morgan fingerprint density at radius 1 is 1.11 bits per heavy atom. The average Bonchev–Trinajstić information content (AvgIpc) is 2.62. The number of carbonyl (C=O) groups is 1. The van der Waals surface area contributed by atoms with Crippen molar-refractivity contribution in [2.45, 2.75) is 50.6 Å². The molecular weight excluding hydrogens is 364 g/mol. The van der Waals surface area contributed by atoms with E-state index in [0.717, 1.165) is 12.0 Å². The SMILES string of the molecule is CCC[C@@H](C)NS(=O)(=O)c1cc(C(=O)O)ccc1N[C@@H](C)c1ccccc1. The minimum Gasteiger partial charge on any atom is -0.478 e. The maximum absolute atomic E-state index is 12.9. The summed E-state index contributed by atoms with van der Waals surface area (Å²) in [6.07, 6.45) is 1.54. The van der Waals surface area contributed by atoms with Crippen LogP contribution in [-0.4, -0.2) is 25.5 Å². The van der Waals surface area contributed by atoms with Gasteiger partial charge >= 0.3 is 5.97 Å². The first-order valence-electron chi connectivity index (χ1n) is 8.95. The lowest BCUT2D eigenvalue weighted by molar-refractivity contribution is 0.0696. The predicted octanol–water partition coefficient (Wildman–Crippen LogP) is 4.02. The van der Waals surface area contributed by atoms with E-state index in [9.17, 15) is 18.3 Å². The number of hydrogen-bond donors (Lipinski definition) is 3. The van der Waals surface area contributed by atoms with Gasteiger partial charge in [-0.1, -0.05) is 43.7 Å². The maximum atomic E-state index is 12.9. The highest BCUT2D eigenvalue weighted by atomic mass is 32.2. The fourth-order valence-electron chi connectivity index (χ4n) is 2.88. The molecule has 0 amide bonds. The molecule has 0 aliphatic heterocycles. The van der Waals surface area contributed by atoms with E-state index in [1.54, 1.807) is 6.92 Å². The average molecular weight is 391 g/mol. The summed E-state index contributed by atoms with van der Waals surface area (Å²) in [7, 11) is -3.87. The van der Waals surface area contributed by atoms with Crippen LogP contribution in [0.5, 0.6) is 0 Å². The first-order chi connectivity index (χ1) is 12.7. The molecule has 2 atom stereocenters. The Bertz CT molecular complexity index is 882. The van der Waals surface area contributed by atoms with E-state index in [-0.39, 0.29) is 22.5 Å². The normalized spacial score (nSPS) is 13.7. The molecule has 0 bridgehead atoms. The van der Waals surface area contributed by atoms with Crippen LogP contribution in [-0.2, 0) is 10.0 Å². The van der Waals surface area contributed by atoms with E-state index in [1.807, 2.05) is 44.2 Å². The topological polar surface area (TPSA) is 95.5 Å². The molecule has 27 heavy (non-hydrogen) atoms. The van der Waals surface area contributed by atoms with Crippen molar-refractivity contribution in [3.63, 3.8) is 0 Å². The number of carboxylic acids is 1. The fraction of sp³-hybridized carbons (Fsp3) is 0.350. The number of nitrogens with one attached hydrogen (secondary N) is 2. The molecule has 0 heterocycles. The van der Waals surface area contributed by atoms with Crippen molar-refractivity contribution in [3.05, 3.63) is 59.7 Å². The summed E-state index contributed by atoms with van der Waals surface area (Å²) < 4.78 is 28.4. The number of sulfonamides is 1. The first-order valence-corrected chi connectivity index (χ1v) is 10.4. The summed E-state index contributed by atoms with van der Waals surface area (Å²) >= 11 is 0. The molecule has 0 saturated carbocycles. The van der Waals surface area contributed by atoms with Gasteiger partial charge in [-0.25, -0.2) is 17.9 Å². The highest BCUT2D eigenvalue weighted by Crippen LogP contribution is 2.27. The van der Waals surface area contributed by atoms with Gasteiger partial charge in [-0.15, -0.1) is 0 Å². The molecule has 0 aromatic heterocycles. The maximum Gasteiger partial charge on any atom is 0.335 e. The van der Waals surface area contributed by atoms with Crippen LogP contribution in [0.25, 0.3) is 0 Å². The molecule has 3 N–H and O–H groups in total. The van der Waals surface area contributed by atoms with Crippen LogP contribution in [0.3, 0.4) is 0 Å². The standard InChI is InChI=1S/C20H26N2O4S/c1-4-8-14(2)22-27(25,26)19-13-17(20(23)24)11-12-18(19)21-15(3)16-9-6-5-7-10-16/h5-7,9-15,21-22H,4,8H2,1-3H3,(H,23,24)/t14-,15+/m1/s1. The van der Waals surface area contributed by atoms with Crippen LogP contribution in [0.15, 0.2) is 53.4 Å². The molecule has 2 aromatic rings. The third-order valence-corrected chi connectivity index (χ3v) is 5.90. The van der Waals surface area contributed by atoms with Crippen molar-refractivity contribution in [2.24, 2.45) is 0 Å². The zero-order chi connectivity index (χ0) is 20.0. The zero-order valence-electron chi connectivity index (χ0n) is 15.8. The lowest BCUT2D eigenvalue weighted by Gasteiger charge is -2.20. The van der Waals surface area contributed by atoms with Gasteiger partial charge in [0.2, 0.25) is 10.0 Å². The molecule has 0 unspecified atom stereocenters. The number of anilines is 1. The summed E-state index contributed by atoms with van der Waals surface area (Å²) in [4.78, 5) is 11.3. The molecule has 0 radical (unpaired) electrons. The molecule has 0 aliphatic rings. The molecule has 146 valence electrons. The second kappa shape index (κ2) is 9.01. The zero-order valence-corrected chi connectivity index (χ0v) is 16.6. The number of carboxylic acid groups (broad SMARTS) is 1. The van der Waals surface area contributed by atoms with Gasteiger partial charge in [0, 0.05) is 12.1 Å².